The maximum absolute atomic E-state index is 12.4. The van der Waals surface area contributed by atoms with Gasteiger partial charge in [-0.15, -0.1) is 0 Å². The summed E-state index contributed by atoms with van der Waals surface area (Å²) in [7, 11) is 0. The first-order valence-corrected chi connectivity index (χ1v) is 7.86. The molecule has 1 aromatic rings. The number of fused-ring (bicyclic) bond motifs is 1. The lowest BCUT2D eigenvalue weighted by Crippen LogP contribution is -2.43. The predicted molar refractivity (Wildman–Crippen MR) is 83.5 cm³/mol. The molecule has 1 aliphatic carbocycles. The van der Waals surface area contributed by atoms with Gasteiger partial charge in [0.05, 0.1) is 11.5 Å². The molecule has 1 unspecified atom stereocenters. The van der Waals surface area contributed by atoms with Gasteiger partial charge in [-0.3, -0.25) is 14.5 Å². The highest BCUT2D eigenvalue weighted by atomic mass is 16.4. The van der Waals surface area contributed by atoms with E-state index in [1.807, 2.05) is 42.2 Å². The molecule has 2 aliphatic rings. The Labute approximate surface area is 130 Å². The molecule has 0 radical (unpaired) electrons. The van der Waals surface area contributed by atoms with Crippen molar-refractivity contribution in [2.24, 2.45) is 11.3 Å². The van der Waals surface area contributed by atoms with Crippen molar-refractivity contribution in [2.75, 3.05) is 18.4 Å². The summed E-state index contributed by atoms with van der Waals surface area (Å²) in [6, 6.07) is 9.03. The van der Waals surface area contributed by atoms with Gasteiger partial charge in [0, 0.05) is 18.8 Å². The molecule has 0 bridgehead atoms. The maximum atomic E-state index is 12.4. The van der Waals surface area contributed by atoms with E-state index in [2.05, 4.69) is 5.32 Å². The van der Waals surface area contributed by atoms with E-state index in [1.165, 1.54) is 0 Å². The third-order valence-electron chi connectivity index (χ3n) is 5.29. The lowest BCUT2D eigenvalue weighted by Gasteiger charge is -2.26. The van der Waals surface area contributed by atoms with Gasteiger partial charge in [0.1, 0.15) is 0 Å². The van der Waals surface area contributed by atoms with Crippen LogP contribution in [0.4, 0.5) is 5.69 Å². The number of benzene rings is 1. The molecule has 1 heterocycles. The van der Waals surface area contributed by atoms with Crippen LogP contribution in [0.3, 0.4) is 0 Å². The number of amides is 1. The molecule has 3 rings (SSSR count). The van der Waals surface area contributed by atoms with Crippen molar-refractivity contribution in [1.29, 1.82) is 0 Å². The molecule has 1 aliphatic heterocycles. The fourth-order valence-electron chi connectivity index (χ4n) is 3.91. The van der Waals surface area contributed by atoms with E-state index in [-0.39, 0.29) is 17.9 Å². The van der Waals surface area contributed by atoms with Gasteiger partial charge in [0.25, 0.3) is 0 Å². The number of rotatable bonds is 4. The summed E-state index contributed by atoms with van der Waals surface area (Å²) in [5.74, 6) is -0.600. The number of para-hydroxylation sites is 1. The minimum Gasteiger partial charge on any atom is -0.481 e. The molecule has 1 saturated carbocycles. The molecule has 5 nitrogen and oxygen atoms in total. The van der Waals surface area contributed by atoms with Crippen LogP contribution in [0, 0.1) is 11.3 Å². The Morgan fingerprint density at radius 2 is 2.09 bits per heavy atom. The van der Waals surface area contributed by atoms with Crippen LogP contribution in [0.2, 0.25) is 0 Å². The van der Waals surface area contributed by atoms with Crippen LogP contribution >= 0.6 is 0 Å². The molecule has 3 atom stereocenters. The molecule has 0 spiro atoms. The Hall–Kier alpha value is -1.88. The number of hydrogen-bond acceptors (Lipinski definition) is 3. The quantitative estimate of drug-likeness (QED) is 0.894. The first-order valence-electron chi connectivity index (χ1n) is 7.86. The number of nitrogens with one attached hydrogen (secondary N) is 1. The average Bonchev–Trinajstić information content (AvgIpc) is 3.05. The summed E-state index contributed by atoms with van der Waals surface area (Å²) in [6.45, 7) is 3.04. The highest BCUT2D eigenvalue weighted by Gasteiger charge is 2.55. The summed E-state index contributed by atoms with van der Waals surface area (Å²) >= 11 is 0. The van der Waals surface area contributed by atoms with Crippen LogP contribution in [-0.4, -0.2) is 41.0 Å². The van der Waals surface area contributed by atoms with Gasteiger partial charge in [-0.05, 0) is 37.8 Å². The lowest BCUT2D eigenvalue weighted by molar-refractivity contribution is -0.149. The van der Waals surface area contributed by atoms with Gasteiger partial charge in [0.15, 0.2) is 0 Å². The van der Waals surface area contributed by atoms with Gasteiger partial charge in [-0.1, -0.05) is 24.6 Å². The number of aliphatic carboxylic acids is 1. The monoisotopic (exact) mass is 302 g/mol. The molecule has 1 aromatic carbocycles. The summed E-state index contributed by atoms with van der Waals surface area (Å²) in [5, 5.41) is 12.5. The van der Waals surface area contributed by atoms with Crippen LogP contribution in [0.25, 0.3) is 0 Å². The number of carboxylic acids is 1. The molecule has 2 N–H and O–H groups in total. The van der Waals surface area contributed by atoms with Crippen molar-refractivity contribution in [3.05, 3.63) is 30.3 Å². The fraction of sp³-hybridized carbons (Fsp3) is 0.529. The van der Waals surface area contributed by atoms with Gasteiger partial charge in [0.2, 0.25) is 5.91 Å². The fourth-order valence-corrected chi connectivity index (χ4v) is 3.91. The molecule has 1 amide bonds. The van der Waals surface area contributed by atoms with Gasteiger partial charge < -0.3 is 10.4 Å². The summed E-state index contributed by atoms with van der Waals surface area (Å²) in [6.07, 6.45) is 2.67. The number of anilines is 1. The minimum atomic E-state index is -0.701. The smallest absolute Gasteiger partial charge is 0.311 e. The van der Waals surface area contributed by atoms with Crippen molar-refractivity contribution >= 4 is 17.6 Å². The zero-order valence-corrected chi connectivity index (χ0v) is 12.8. The molecule has 118 valence electrons. The second-order valence-corrected chi connectivity index (χ2v) is 6.51. The van der Waals surface area contributed by atoms with Crippen molar-refractivity contribution in [3.63, 3.8) is 0 Å². The first kappa shape index (κ1) is 15.0. The molecule has 0 aromatic heterocycles. The van der Waals surface area contributed by atoms with Gasteiger partial charge >= 0.3 is 5.97 Å². The van der Waals surface area contributed by atoms with Crippen molar-refractivity contribution in [2.45, 2.75) is 32.2 Å². The largest absolute Gasteiger partial charge is 0.481 e. The van der Waals surface area contributed by atoms with E-state index in [0.717, 1.165) is 24.9 Å². The summed E-state index contributed by atoms with van der Waals surface area (Å²) < 4.78 is 0. The normalized spacial score (nSPS) is 29.0. The van der Waals surface area contributed by atoms with Crippen LogP contribution < -0.4 is 5.32 Å². The van der Waals surface area contributed by atoms with E-state index in [4.69, 9.17) is 0 Å². The zero-order valence-electron chi connectivity index (χ0n) is 12.8. The van der Waals surface area contributed by atoms with Crippen molar-refractivity contribution in [3.8, 4) is 0 Å². The van der Waals surface area contributed by atoms with Crippen molar-refractivity contribution in [1.82, 2.24) is 4.90 Å². The Morgan fingerprint density at radius 3 is 2.73 bits per heavy atom. The Bertz CT molecular complexity index is 575. The number of carboxylic acid groups (broad SMARTS) is 1. The van der Waals surface area contributed by atoms with E-state index >= 15 is 0 Å². The van der Waals surface area contributed by atoms with Crippen LogP contribution in [0.1, 0.15) is 26.2 Å². The van der Waals surface area contributed by atoms with E-state index in [1.54, 1.807) is 0 Å². The number of hydrogen-bond donors (Lipinski definition) is 2. The Balaban J connectivity index is 1.67. The maximum Gasteiger partial charge on any atom is 0.311 e. The zero-order chi connectivity index (χ0) is 15.7. The summed E-state index contributed by atoms with van der Waals surface area (Å²) in [5.41, 5.74) is 0.132. The van der Waals surface area contributed by atoms with Crippen LogP contribution in [0.15, 0.2) is 30.3 Å². The van der Waals surface area contributed by atoms with Gasteiger partial charge in [-0.25, -0.2) is 0 Å². The highest BCUT2D eigenvalue weighted by Crippen LogP contribution is 2.49. The van der Waals surface area contributed by atoms with E-state index in [9.17, 15) is 14.7 Å². The van der Waals surface area contributed by atoms with Crippen LogP contribution in [0.5, 0.6) is 0 Å². The highest BCUT2D eigenvalue weighted by molar-refractivity contribution is 5.94. The molecule has 2 fully saturated rings. The summed E-state index contributed by atoms with van der Waals surface area (Å²) in [4.78, 5) is 26.1. The number of likely N-dealkylation sites (tertiary alicyclic amines) is 1. The average molecular weight is 302 g/mol. The lowest BCUT2D eigenvalue weighted by atomic mass is 9.81. The Morgan fingerprint density at radius 1 is 1.36 bits per heavy atom. The number of carbonyl (C=O) groups is 2. The molecular weight excluding hydrogens is 280 g/mol. The van der Waals surface area contributed by atoms with Gasteiger partial charge in [-0.2, -0.15) is 0 Å². The second kappa shape index (κ2) is 5.72. The number of carbonyl (C=O) groups excluding carboxylic acids is 1. The number of nitrogens with zero attached hydrogens (tertiary/aromatic N) is 1. The molecule has 5 heteroatoms. The standard InChI is InChI=1S/C17H22N2O3/c1-12(15(20)18-14-7-3-2-4-8-14)19-10-13-6-5-9-17(13,11-19)16(21)22/h2-4,7-8,12-13H,5-6,9-11H2,1H3,(H,18,20)(H,21,22)/t12?,13-,17+/m0/s1. The molecule has 1 saturated heterocycles. The van der Waals surface area contributed by atoms with Crippen LogP contribution in [-0.2, 0) is 9.59 Å². The Kier molecular flexibility index (Phi) is 3.91. The third kappa shape index (κ3) is 2.50. The minimum absolute atomic E-state index is 0.0771. The van der Waals surface area contributed by atoms with E-state index in [0.29, 0.717) is 13.1 Å². The molecular formula is C17H22N2O3. The molecule has 22 heavy (non-hydrogen) atoms. The first-order chi connectivity index (χ1) is 10.5. The predicted octanol–water partition coefficient (Wildman–Crippen LogP) is 2.20. The third-order valence-corrected chi connectivity index (χ3v) is 5.29. The SMILES string of the molecule is CC(C(=O)Nc1ccccc1)N1C[C@@H]2CCC[C@@]2(C(=O)O)C1. The topological polar surface area (TPSA) is 69.6 Å². The van der Waals surface area contributed by atoms with Crippen molar-refractivity contribution < 1.29 is 14.7 Å². The second-order valence-electron chi connectivity index (χ2n) is 6.51. The van der Waals surface area contributed by atoms with E-state index < -0.39 is 11.4 Å².